The van der Waals surface area contributed by atoms with Crippen LogP contribution in [0.3, 0.4) is 0 Å². The topological polar surface area (TPSA) is 49.3 Å². The first kappa shape index (κ1) is 15.3. The third-order valence-corrected chi connectivity index (χ3v) is 2.65. The Morgan fingerprint density at radius 2 is 2.00 bits per heavy atom. The van der Waals surface area contributed by atoms with E-state index < -0.39 is 29.6 Å². The van der Waals surface area contributed by atoms with Crippen molar-refractivity contribution >= 4 is 11.7 Å². The molecule has 0 saturated carbocycles. The molecule has 0 aliphatic rings. The third-order valence-electron chi connectivity index (χ3n) is 2.65. The highest BCUT2D eigenvalue weighted by molar-refractivity contribution is 5.90. The zero-order valence-corrected chi connectivity index (χ0v) is 10.3. The Labute approximate surface area is 107 Å². The largest absolute Gasteiger partial charge is 0.478 e. The number of benzene rings is 1. The van der Waals surface area contributed by atoms with Gasteiger partial charge in [-0.05, 0) is 31.0 Å². The molecular formula is C12H13F4NO2. The number of anilines is 1. The number of carboxylic acids is 1. The van der Waals surface area contributed by atoms with Gasteiger partial charge in [-0.3, -0.25) is 0 Å². The van der Waals surface area contributed by atoms with Crippen molar-refractivity contribution in [1.29, 1.82) is 0 Å². The summed E-state index contributed by atoms with van der Waals surface area (Å²) in [5.74, 6) is -2.52. The van der Waals surface area contributed by atoms with E-state index in [9.17, 15) is 22.4 Å². The molecule has 19 heavy (non-hydrogen) atoms. The maximum atomic E-state index is 13.5. The SMILES string of the molecule is CCC(Nc1cc(C)c(C(=O)O)c(F)c1)C(F)(F)F. The van der Waals surface area contributed by atoms with Crippen LogP contribution in [0.2, 0.25) is 0 Å². The van der Waals surface area contributed by atoms with Crippen LogP contribution in [0.1, 0.15) is 29.3 Å². The maximum absolute atomic E-state index is 13.5. The van der Waals surface area contributed by atoms with E-state index in [0.717, 1.165) is 6.07 Å². The molecule has 1 rings (SSSR count). The number of alkyl halides is 3. The van der Waals surface area contributed by atoms with Gasteiger partial charge in [-0.2, -0.15) is 13.2 Å². The van der Waals surface area contributed by atoms with Gasteiger partial charge in [0, 0.05) is 5.69 Å². The Bertz CT molecular complexity index is 462. The molecule has 1 aromatic rings. The monoisotopic (exact) mass is 279 g/mol. The van der Waals surface area contributed by atoms with Gasteiger partial charge in [0.1, 0.15) is 11.9 Å². The van der Waals surface area contributed by atoms with Crippen molar-refractivity contribution < 1.29 is 27.5 Å². The number of aryl methyl sites for hydroxylation is 1. The lowest BCUT2D eigenvalue weighted by atomic mass is 10.1. The third kappa shape index (κ3) is 3.59. The Hall–Kier alpha value is -1.79. The van der Waals surface area contributed by atoms with Gasteiger partial charge in [-0.1, -0.05) is 6.92 Å². The Morgan fingerprint density at radius 1 is 1.42 bits per heavy atom. The number of carboxylic acid groups (broad SMARTS) is 1. The summed E-state index contributed by atoms with van der Waals surface area (Å²) in [4.78, 5) is 10.8. The summed E-state index contributed by atoms with van der Waals surface area (Å²) < 4.78 is 51.2. The zero-order chi connectivity index (χ0) is 14.8. The zero-order valence-electron chi connectivity index (χ0n) is 10.3. The summed E-state index contributed by atoms with van der Waals surface area (Å²) >= 11 is 0. The van der Waals surface area contributed by atoms with Crippen LogP contribution in [0.4, 0.5) is 23.2 Å². The quantitative estimate of drug-likeness (QED) is 0.828. The summed E-state index contributed by atoms with van der Waals surface area (Å²) in [6, 6.07) is 0.133. The van der Waals surface area contributed by atoms with Crippen LogP contribution in [0, 0.1) is 12.7 Å². The molecule has 0 heterocycles. The summed E-state index contributed by atoms with van der Waals surface area (Å²) in [7, 11) is 0. The predicted molar refractivity (Wildman–Crippen MR) is 61.9 cm³/mol. The summed E-state index contributed by atoms with van der Waals surface area (Å²) in [5, 5.41) is 10.9. The predicted octanol–water partition coefficient (Wildman–Crippen LogP) is 3.59. The van der Waals surface area contributed by atoms with E-state index in [-0.39, 0.29) is 17.7 Å². The van der Waals surface area contributed by atoms with E-state index in [1.165, 1.54) is 19.9 Å². The van der Waals surface area contributed by atoms with Gasteiger partial charge in [-0.15, -0.1) is 0 Å². The fourth-order valence-corrected chi connectivity index (χ4v) is 1.71. The minimum atomic E-state index is -4.45. The van der Waals surface area contributed by atoms with Crippen molar-refractivity contribution in [3.05, 3.63) is 29.1 Å². The lowest BCUT2D eigenvalue weighted by Crippen LogP contribution is -2.35. The Kier molecular flexibility index (Phi) is 4.39. The second-order valence-corrected chi connectivity index (χ2v) is 4.10. The molecule has 1 aromatic carbocycles. The van der Waals surface area contributed by atoms with Crippen LogP contribution < -0.4 is 5.32 Å². The van der Waals surface area contributed by atoms with E-state index >= 15 is 0 Å². The van der Waals surface area contributed by atoms with Crippen molar-refractivity contribution in [2.24, 2.45) is 0 Å². The van der Waals surface area contributed by atoms with E-state index in [0.29, 0.717) is 0 Å². The van der Waals surface area contributed by atoms with Crippen molar-refractivity contribution in [3.63, 3.8) is 0 Å². The van der Waals surface area contributed by atoms with Crippen molar-refractivity contribution in [1.82, 2.24) is 0 Å². The maximum Gasteiger partial charge on any atom is 0.408 e. The van der Waals surface area contributed by atoms with Gasteiger partial charge < -0.3 is 10.4 Å². The van der Waals surface area contributed by atoms with Crippen LogP contribution in [0.25, 0.3) is 0 Å². The minimum Gasteiger partial charge on any atom is -0.478 e. The first-order valence-electron chi connectivity index (χ1n) is 5.53. The normalized spacial score (nSPS) is 13.2. The number of halogens is 4. The highest BCUT2D eigenvalue weighted by Gasteiger charge is 2.38. The van der Waals surface area contributed by atoms with Crippen LogP contribution in [-0.2, 0) is 0 Å². The molecule has 3 nitrogen and oxygen atoms in total. The van der Waals surface area contributed by atoms with Crippen LogP contribution in [0.15, 0.2) is 12.1 Å². The van der Waals surface area contributed by atoms with E-state index in [4.69, 9.17) is 5.11 Å². The van der Waals surface area contributed by atoms with Gasteiger partial charge in [0.05, 0.1) is 5.56 Å². The van der Waals surface area contributed by atoms with Gasteiger partial charge >= 0.3 is 12.1 Å². The van der Waals surface area contributed by atoms with Crippen molar-refractivity contribution in [2.75, 3.05) is 5.32 Å². The molecule has 0 spiro atoms. The van der Waals surface area contributed by atoms with Gasteiger partial charge in [0.2, 0.25) is 0 Å². The number of rotatable bonds is 4. The van der Waals surface area contributed by atoms with Crippen LogP contribution in [-0.4, -0.2) is 23.3 Å². The molecule has 0 amide bonds. The second-order valence-electron chi connectivity index (χ2n) is 4.10. The number of hydrogen-bond acceptors (Lipinski definition) is 2. The molecule has 106 valence electrons. The molecule has 1 unspecified atom stereocenters. The minimum absolute atomic E-state index is 0.0621. The number of hydrogen-bond donors (Lipinski definition) is 2. The average Bonchev–Trinajstić information content (AvgIpc) is 2.22. The molecular weight excluding hydrogens is 266 g/mol. The van der Waals surface area contributed by atoms with E-state index in [1.807, 2.05) is 0 Å². The van der Waals surface area contributed by atoms with Crippen LogP contribution >= 0.6 is 0 Å². The average molecular weight is 279 g/mol. The van der Waals surface area contributed by atoms with Crippen molar-refractivity contribution in [2.45, 2.75) is 32.5 Å². The van der Waals surface area contributed by atoms with Gasteiger partial charge in [-0.25, -0.2) is 9.18 Å². The lowest BCUT2D eigenvalue weighted by Gasteiger charge is -2.21. The smallest absolute Gasteiger partial charge is 0.408 e. The molecule has 0 radical (unpaired) electrons. The van der Waals surface area contributed by atoms with E-state index in [2.05, 4.69) is 5.32 Å². The summed E-state index contributed by atoms with van der Waals surface area (Å²) in [6.07, 6.45) is -4.67. The summed E-state index contributed by atoms with van der Waals surface area (Å²) in [6.45, 7) is 2.67. The van der Waals surface area contributed by atoms with Crippen molar-refractivity contribution in [3.8, 4) is 0 Å². The highest BCUT2D eigenvalue weighted by atomic mass is 19.4. The van der Waals surface area contributed by atoms with E-state index in [1.54, 1.807) is 0 Å². The number of aromatic carboxylic acids is 1. The first-order chi connectivity index (χ1) is 8.66. The van der Waals surface area contributed by atoms with Gasteiger partial charge in [0.25, 0.3) is 0 Å². The fourth-order valence-electron chi connectivity index (χ4n) is 1.71. The Morgan fingerprint density at radius 3 is 2.37 bits per heavy atom. The fraction of sp³-hybridized carbons (Fsp3) is 0.417. The molecule has 0 aliphatic carbocycles. The highest BCUT2D eigenvalue weighted by Crippen LogP contribution is 2.27. The molecule has 1 atom stereocenters. The Balaban J connectivity index is 3.08. The molecule has 2 N–H and O–H groups in total. The number of carbonyl (C=O) groups is 1. The molecule has 0 fully saturated rings. The molecule has 0 saturated heterocycles. The molecule has 7 heteroatoms. The molecule has 0 bridgehead atoms. The molecule has 0 aliphatic heterocycles. The lowest BCUT2D eigenvalue weighted by molar-refractivity contribution is -0.142. The standard InChI is InChI=1S/C12H13F4NO2/c1-3-9(12(14,15)16)17-7-4-6(2)10(11(18)19)8(13)5-7/h4-5,9,17H,3H2,1-2H3,(H,18,19). The van der Waals surface area contributed by atoms with Gasteiger partial charge in [0.15, 0.2) is 0 Å². The number of nitrogens with one attached hydrogen (secondary N) is 1. The van der Waals surface area contributed by atoms with Crippen LogP contribution in [0.5, 0.6) is 0 Å². The molecule has 0 aromatic heterocycles. The second kappa shape index (κ2) is 5.46. The summed E-state index contributed by atoms with van der Waals surface area (Å²) in [5.41, 5.74) is -0.568. The first-order valence-corrected chi connectivity index (χ1v) is 5.53.